The van der Waals surface area contributed by atoms with Gasteiger partial charge in [-0.25, -0.2) is 0 Å². The first-order valence-electron chi connectivity index (χ1n) is 6.98. The molecule has 1 aliphatic rings. The van der Waals surface area contributed by atoms with Crippen LogP contribution in [0.4, 0.5) is 0 Å². The lowest BCUT2D eigenvalue weighted by Gasteiger charge is -2.27. The van der Waals surface area contributed by atoms with Crippen LogP contribution in [0.15, 0.2) is 42.5 Å². The minimum Gasteiger partial charge on any atom is -0.449 e. The zero-order valence-electron chi connectivity index (χ0n) is 12.5. The molecule has 0 bridgehead atoms. The number of ether oxygens (including phenoxy) is 1. The molecule has 0 saturated carbocycles. The van der Waals surface area contributed by atoms with E-state index in [-0.39, 0.29) is 16.9 Å². The van der Waals surface area contributed by atoms with Crippen LogP contribution in [0.1, 0.15) is 18.9 Å². The predicted octanol–water partition coefficient (Wildman–Crippen LogP) is 2.80. The highest BCUT2D eigenvalue weighted by atomic mass is 32.3. The summed E-state index contributed by atoms with van der Waals surface area (Å²) in [5.41, 5.74) is 0.485. The van der Waals surface area contributed by atoms with Crippen molar-refractivity contribution in [1.82, 2.24) is 0 Å². The van der Waals surface area contributed by atoms with E-state index in [1.807, 2.05) is 0 Å². The maximum atomic E-state index is 12.1. The molecule has 128 valence electrons. The maximum Gasteiger partial charge on any atom is 0.292 e. The van der Waals surface area contributed by atoms with Crippen LogP contribution in [0.25, 0.3) is 11.1 Å². The molecule has 0 fully saturated rings. The maximum absolute atomic E-state index is 12.1. The van der Waals surface area contributed by atoms with Crippen LogP contribution >= 0.6 is 0 Å². The summed E-state index contributed by atoms with van der Waals surface area (Å²) in [5, 5.41) is 0. The van der Waals surface area contributed by atoms with Gasteiger partial charge < -0.3 is 4.74 Å². The largest absolute Gasteiger partial charge is 0.449 e. The number of rotatable bonds is 5. The summed E-state index contributed by atoms with van der Waals surface area (Å²) in [6, 6.07) is 11.5. The molecule has 24 heavy (non-hydrogen) atoms. The molecule has 3 rings (SSSR count). The van der Waals surface area contributed by atoms with Crippen LogP contribution in [0.3, 0.4) is 0 Å². The third-order valence-corrected chi connectivity index (χ3v) is 7.97. The summed E-state index contributed by atoms with van der Waals surface area (Å²) in [6.07, 6.45) is -0.593. The predicted molar refractivity (Wildman–Crippen MR) is 87.0 cm³/mol. The molecule has 7 nitrogen and oxygen atoms in total. The van der Waals surface area contributed by atoms with E-state index in [1.54, 1.807) is 36.4 Å². The fraction of sp³-hybridized carbons (Fsp3) is 0.200. The molecule has 0 radical (unpaired) electrons. The summed E-state index contributed by atoms with van der Waals surface area (Å²) in [5.74, 6) is 0.336. The van der Waals surface area contributed by atoms with E-state index in [0.29, 0.717) is 11.3 Å². The van der Waals surface area contributed by atoms with Crippen LogP contribution in [-0.2, 0) is 24.3 Å². The monoisotopic (exact) mass is 370 g/mol. The molecule has 0 amide bonds. The topological polar surface area (TPSA) is 121 Å². The van der Waals surface area contributed by atoms with Crippen LogP contribution in [0.5, 0.6) is 11.5 Å². The molecular formula is C15H14O7S2. The van der Waals surface area contributed by atoms with Crippen LogP contribution in [0, 0.1) is 0 Å². The van der Waals surface area contributed by atoms with Gasteiger partial charge in [0.1, 0.15) is 0 Å². The Hall–Kier alpha value is -1.94. The van der Waals surface area contributed by atoms with Crippen molar-refractivity contribution in [2.45, 2.75) is 17.4 Å². The highest BCUT2D eigenvalue weighted by molar-refractivity contribution is 8.04. The average molecular weight is 370 g/mol. The standard InChI is InChI=1S/C15H14O7S2/c1-2-15(23(16,17)18,24(19,20)21)13-11(8-9-12-14(13)22-12)10-6-4-3-5-7-10/h3-9H,2H2,1H3,(H,16,17,18)(H,19,20,21). The number of benzene rings is 2. The van der Waals surface area contributed by atoms with Crippen molar-refractivity contribution >= 4 is 20.2 Å². The Morgan fingerprint density at radius 1 is 0.958 bits per heavy atom. The van der Waals surface area contributed by atoms with Gasteiger partial charge in [0, 0.05) is 5.56 Å². The molecule has 1 aliphatic heterocycles. The van der Waals surface area contributed by atoms with Gasteiger partial charge >= 0.3 is 0 Å². The zero-order chi connectivity index (χ0) is 17.8. The molecule has 0 aromatic heterocycles. The second kappa shape index (κ2) is 5.28. The molecule has 0 unspecified atom stereocenters. The van der Waals surface area contributed by atoms with E-state index < -0.39 is 30.7 Å². The third kappa shape index (κ3) is 2.32. The smallest absolute Gasteiger partial charge is 0.292 e. The summed E-state index contributed by atoms with van der Waals surface area (Å²) in [7, 11) is -10.4. The summed E-state index contributed by atoms with van der Waals surface area (Å²) in [6.45, 7) is 1.25. The Kier molecular flexibility index (Phi) is 3.72. The SMILES string of the molecule is CCC(c1c(-c2ccccc2)ccc2c1O2)(S(=O)(=O)O)S(=O)(=O)O. The summed E-state index contributed by atoms with van der Waals surface area (Å²) < 4.78 is 69.9. The molecule has 9 heteroatoms. The van der Waals surface area contributed by atoms with Gasteiger partial charge in [0.05, 0.1) is 0 Å². The normalized spacial score (nSPS) is 14.0. The average Bonchev–Trinajstić information content (AvgIpc) is 3.26. The van der Waals surface area contributed by atoms with Crippen molar-refractivity contribution in [3.05, 3.63) is 48.0 Å². The van der Waals surface area contributed by atoms with E-state index in [4.69, 9.17) is 4.74 Å². The highest BCUT2D eigenvalue weighted by Gasteiger charge is 2.59. The van der Waals surface area contributed by atoms with Gasteiger partial charge in [-0.3, -0.25) is 9.11 Å². The lowest BCUT2D eigenvalue weighted by Crippen LogP contribution is -2.42. The zero-order valence-corrected chi connectivity index (χ0v) is 14.1. The highest BCUT2D eigenvalue weighted by Crippen LogP contribution is 2.58. The van der Waals surface area contributed by atoms with Crippen molar-refractivity contribution in [3.8, 4) is 22.6 Å². The molecule has 0 atom stereocenters. The Bertz CT molecular complexity index is 977. The Morgan fingerprint density at radius 3 is 2.04 bits per heavy atom. The summed E-state index contributed by atoms with van der Waals surface area (Å²) in [4.78, 5) is 0. The van der Waals surface area contributed by atoms with Gasteiger partial charge in [0.25, 0.3) is 24.3 Å². The first-order chi connectivity index (χ1) is 11.1. The van der Waals surface area contributed by atoms with Crippen molar-refractivity contribution in [3.63, 3.8) is 0 Å². The van der Waals surface area contributed by atoms with E-state index in [0.717, 1.165) is 0 Å². The number of hydrogen-bond donors (Lipinski definition) is 2. The minimum atomic E-state index is -5.22. The number of fused-ring (bicyclic) bond motifs is 1. The molecule has 0 spiro atoms. The molecule has 1 heterocycles. The van der Waals surface area contributed by atoms with Gasteiger partial charge in [-0.05, 0) is 23.6 Å². The van der Waals surface area contributed by atoms with E-state index in [1.165, 1.54) is 13.0 Å². The molecular weight excluding hydrogens is 356 g/mol. The molecule has 2 aromatic rings. The van der Waals surface area contributed by atoms with E-state index in [2.05, 4.69) is 0 Å². The first kappa shape index (κ1) is 16.9. The van der Waals surface area contributed by atoms with Crippen LogP contribution in [-0.4, -0.2) is 25.9 Å². The quantitative estimate of drug-likeness (QED) is 0.523. The van der Waals surface area contributed by atoms with Crippen LogP contribution < -0.4 is 4.74 Å². The third-order valence-electron chi connectivity index (χ3n) is 4.06. The lowest BCUT2D eigenvalue weighted by atomic mass is 9.96. The lowest BCUT2D eigenvalue weighted by molar-refractivity contribution is 0.419. The molecule has 0 saturated heterocycles. The Labute approximate surface area is 139 Å². The Balaban J connectivity index is 2.45. The van der Waals surface area contributed by atoms with Crippen molar-refractivity contribution in [1.29, 1.82) is 0 Å². The second-order valence-electron chi connectivity index (χ2n) is 5.34. The van der Waals surface area contributed by atoms with Gasteiger partial charge in [0.2, 0.25) is 0 Å². The van der Waals surface area contributed by atoms with E-state index in [9.17, 15) is 25.9 Å². The fourth-order valence-corrected chi connectivity index (χ4v) is 5.62. The van der Waals surface area contributed by atoms with Gasteiger partial charge in [-0.1, -0.05) is 43.3 Å². The van der Waals surface area contributed by atoms with Crippen molar-refractivity contribution < 1.29 is 30.7 Å². The molecule has 2 aromatic carbocycles. The Morgan fingerprint density at radius 2 is 1.54 bits per heavy atom. The van der Waals surface area contributed by atoms with Gasteiger partial charge in [-0.2, -0.15) is 16.8 Å². The van der Waals surface area contributed by atoms with E-state index >= 15 is 0 Å². The van der Waals surface area contributed by atoms with Crippen molar-refractivity contribution in [2.75, 3.05) is 0 Å². The second-order valence-corrected chi connectivity index (χ2v) is 8.89. The fourth-order valence-electron chi connectivity index (χ4n) is 2.90. The number of hydrogen-bond acceptors (Lipinski definition) is 5. The van der Waals surface area contributed by atoms with Crippen molar-refractivity contribution in [2.24, 2.45) is 0 Å². The first-order valence-corrected chi connectivity index (χ1v) is 9.86. The molecule has 0 aliphatic carbocycles. The van der Waals surface area contributed by atoms with Gasteiger partial charge in [-0.15, -0.1) is 0 Å². The molecule has 2 N–H and O–H groups in total. The van der Waals surface area contributed by atoms with Crippen LogP contribution in [0.2, 0.25) is 0 Å². The minimum absolute atomic E-state index is 0.0356. The van der Waals surface area contributed by atoms with Gasteiger partial charge in [0.15, 0.2) is 11.5 Å². The summed E-state index contributed by atoms with van der Waals surface area (Å²) >= 11 is 0.